The Kier molecular flexibility index (Phi) is 8.23. The smallest absolute Gasteiger partial charge is 0.232 e. The maximum absolute atomic E-state index is 10.4. The number of β-amino-alcohol motifs (C(OH)–C–C–N with tert-alkyl or cyclic N) is 1. The summed E-state index contributed by atoms with van der Waals surface area (Å²) in [6.45, 7) is 4.91. The molecule has 0 unspecified atom stereocenters. The largest absolute Gasteiger partial charge is 0.497 e. The summed E-state index contributed by atoms with van der Waals surface area (Å²) < 4.78 is 6.94. The number of hydrogen-bond acceptors (Lipinski definition) is 12. The second kappa shape index (κ2) is 12.6. The number of aromatic nitrogens is 4. The van der Waals surface area contributed by atoms with Crippen LogP contribution in [-0.4, -0.2) is 94.2 Å². The zero-order chi connectivity index (χ0) is 31.8. The Labute approximate surface area is 271 Å². The topological polar surface area (TPSA) is 154 Å². The number of aliphatic hydroxyl groups is 1. The van der Waals surface area contributed by atoms with Crippen molar-refractivity contribution in [3.05, 3.63) is 64.3 Å². The van der Waals surface area contributed by atoms with E-state index in [2.05, 4.69) is 47.6 Å². The third kappa shape index (κ3) is 5.86. The van der Waals surface area contributed by atoms with Crippen LogP contribution >= 0.6 is 11.6 Å². The maximum atomic E-state index is 10.4. The molecule has 7 rings (SSSR count). The van der Waals surface area contributed by atoms with Crippen LogP contribution in [0.4, 0.5) is 23.3 Å². The number of anilines is 4. The van der Waals surface area contributed by atoms with Crippen molar-refractivity contribution < 1.29 is 9.84 Å². The number of methoxy groups -OCH3 is 1. The van der Waals surface area contributed by atoms with E-state index in [1.165, 1.54) is 6.20 Å². The molecule has 0 radical (unpaired) electrons. The van der Waals surface area contributed by atoms with E-state index in [1.54, 1.807) is 23.8 Å². The van der Waals surface area contributed by atoms with Crippen LogP contribution in [0.5, 0.6) is 5.75 Å². The molecule has 2 atom stereocenters. The van der Waals surface area contributed by atoms with Crippen molar-refractivity contribution in [3.63, 3.8) is 0 Å². The predicted octanol–water partition coefficient (Wildman–Crippen LogP) is 2.90. The average molecular weight is 640 g/mol. The molecule has 14 heteroatoms. The summed E-state index contributed by atoms with van der Waals surface area (Å²) in [5.41, 5.74) is 3.47. The van der Waals surface area contributed by atoms with Gasteiger partial charge in [0.15, 0.2) is 5.65 Å². The molecule has 0 amide bonds. The molecule has 2 saturated heterocycles. The minimum atomic E-state index is -0.375. The van der Waals surface area contributed by atoms with Gasteiger partial charge in [-0.1, -0.05) is 23.7 Å². The van der Waals surface area contributed by atoms with Crippen LogP contribution in [0.15, 0.2) is 42.6 Å². The standard InChI is InChI=1S/C32H34ClN11O2/c1-46-24-6-2-20(3-7-24)19-43(23-4-5-23)32-40-31(39-30-22(15-35)16-37-44(30)32)38-25-12-21(14-34)13-26(29(25)33)41-8-10-42(11-9-41)27-17-36-18-28(27)45/h2-3,6-7,12-13,16,23,27-28,36,45H,4-5,8-11,17-19H2,1H3,(H,38,39)/t27-,28-/m1/s1. The molecule has 3 aliphatic rings. The number of rotatable bonds is 9. The summed E-state index contributed by atoms with van der Waals surface area (Å²) in [6, 6.07) is 16.2. The number of ether oxygens (including phenoxy) is 1. The van der Waals surface area contributed by atoms with E-state index in [-0.39, 0.29) is 24.1 Å². The van der Waals surface area contributed by atoms with E-state index >= 15 is 0 Å². The van der Waals surface area contributed by atoms with Gasteiger partial charge in [0, 0.05) is 57.9 Å². The van der Waals surface area contributed by atoms with Crippen LogP contribution in [0.2, 0.25) is 5.02 Å². The molecule has 2 aliphatic heterocycles. The maximum Gasteiger partial charge on any atom is 0.232 e. The van der Waals surface area contributed by atoms with E-state index in [0.29, 0.717) is 59.6 Å². The number of nitriles is 2. The number of nitrogens with one attached hydrogen (secondary N) is 2. The van der Waals surface area contributed by atoms with Crippen LogP contribution in [0.1, 0.15) is 29.5 Å². The molecule has 0 spiro atoms. The van der Waals surface area contributed by atoms with E-state index < -0.39 is 0 Å². The molecule has 236 valence electrons. The first-order valence-electron chi connectivity index (χ1n) is 15.4. The van der Waals surface area contributed by atoms with Gasteiger partial charge in [0.25, 0.3) is 0 Å². The highest BCUT2D eigenvalue weighted by Crippen LogP contribution is 2.38. The average Bonchev–Trinajstić information content (AvgIpc) is 3.70. The number of hydrogen-bond donors (Lipinski definition) is 3. The second-order valence-electron chi connectivity index (χ2n) is 11.9. The van der Waals surface area contributed by atoms with Gasteiger partial charge >= 0.3 is 0 Å². The van der Waals surface area contributed by atoms with Crippen LogP contribution in [-0.2, 0) is 6.54 Å². The summed E-state index contributed by atoms with van der Waals surface area (Å²) in [6.07, 6.45) is 3.15. The molecule has 1 saturated carbocycles. The Morgan fingerprint density at radius 1 is 1.09 bits per heavy atom. The normalized spacial score (nSPS) is 20.0. The fourth-order valence-electron chi connectivity index (χ4n) is 6.29. The molecule has 0 bridgehead atoms. The number of piperazine rings is 1. The minimum Gasteiger partial charge on any atom is -0.497 e. The first-order chi connectivity index (χ1) is 22.4. The van der Waals surface area contributed by atoms with E-state index in [1.807, 2.05) is 24.3 Å². The van der Waals surface area contributed by atoms with Crippen LogP contribution in [0, 0.1) is 22.7 Å². The Bertz CT molecular complexity index is 1820. The lowest BCUT2D eigenvalue weighted by atomic mass is 10.1. The number of nitrogens with zero attached hydrogens (tertiary/aromatic N) is 9. The Morgan fingerprint density at radius 2 is 1.87 bits per heavy atom. The quantitative estimate of drug-likeness (QED) is 0.247. The van der Waals surface area contributed by atoms with Crippen molar-refractivity contribution in [2.75, 3.05) is 61.5 Å². The highest BCUT2D eigenvalue weighted by molar-refractivity contribution is 6.36. The van der Waals surface area contributed by atoms with Crippen molar-refractivity contribution in [2.45, 2.75) is 37.6 Å². The van der Waals surface area contributed by atoms with Gasteiger partial charge < -0.3 is 30.3 Å². The SMILES string of the molecule is COc1ccc(CN(c2nc(Nc3cc(C#N)cc(N4CCN([C@@H]5CNC[C@H]5O)CC4)c3Cl)nc3c(C#N)cnn23)C2CC2)cc1. The van der Waals surface area contributed by atoms with Gasteiger partial charge in [-0.2, -0.15) is 30.1 Å². The third-order valence-corrected chi connectivity index (χ3v) is 9.33. The Hall–Kier alpha value is -4.66. The van der Waals surface area contributed by atoms with Crippen molar-refractivity contribution in [1.29, 1.82) is 10.5 Å². The lowest BCUT2D eigenvalue weighted by Gasteiger charge is -2.40. The van der Waals surface area contributed by atoms with E-state index in [0.717, 1.165) is 49.5 Å². The summed E-state index contributed by atoms with van der Waals surface area (Å²) in [4.78, 5) is 16.3. The summed E-state index contributed by atoms with van der Waals surface area (Å²) in [5.74, 6) is 1.58. The molecular weight excluding hydrogens is 606 g/mol. The van der Waals surface area contributed by atoms with Gasteiger partial charge in [0.1, 0.15) is 17.4 Å². The van der Waals surface area contributed by atoms with E-state index in [9.17, 15) is 15.6 Å². The number of aliphatic hydroxyl groups excluding tert-OH is 1. The molecule has 4 aromatic rings. The minimum absolute atomic E-state index is 0.100. The first kappa shape index (κ1) is 30.0. The molecule has 13 nitrogen and oxygen atoms in total. The van der Waals surface area contributed by atoms with Gasteiger partial charge in [-0.25, -0.2) is 0 Å². The highest BCUT2D eigenvalue weighted by Gasteiger charge is 2.34. The molecule has 2 aromatic carbocycles. The van der Waals surface area contributed by atoms with Gasteiger partial charge in [-0.3, -0.25) is 4.90 Å². The predicted molar refractivity (Wildman–Crippen MR) is 174 cm³/mol. The van der Waals surface area contributed by atoms with Gasteiger partial charge in [-0.15, -0.1) is 0 Å². The number of fused-ring (bicyclic) bond motifs is 1. The van der Waals surface area contributed by atoms with Crippen molar-refractivity contribution in [2.24, 2.45) is 0 Å². The van der Waals surface area contributed by atoms with Gasteiger partial charge in [0.05, 0.1) is 47.4 Å². The molecular formula is C32H34ClN11O2. The zero-order valence-electron chi connectivity index (χ0n) is 25.4. The molecule has 4 heterocycles. The lowest BCUT2D eigenvalue weighted by Crippen LogP contribution is -2.53. The number of benzene rings is 2. The summed E-state index contributed by atoms with van der Waals surface area (Å²) in [5, 5.41) is 41.6. The second-order valence-corrected chi connectivity index (χ2v) is 12.2. The summed E-state index contributed by atoms with van der Waals surface area (Å²) >= 11 is 7.03. The molecule has 2 aromatic heterocycles. The fourth-order valence-corrected chi connectivity index (χ4v) is 6.57. The van der Waals surface area contributed by atoms with Crippen molar-refractivity contribution in [3.8, 4) is 17.9 Å². The van der Waals surface area contributed by atoms with Gasteiger partial charge in [0.2, 0.25) is 11.9 Å². The Balaban J connectivity index is 1.20. The highest BCUT2D eigenvalue weighted by atomic mass is 35.5. The third-order valence-electron chi connectivity index (χ3n) is 8.93. The van der Waals surface area contributed by atoms with Crippen molar-refractivity contribution in [1.82, 2.24) is 29.8 Å². The van der Waals surface area contributed by atoms with Crippen LogP contribution < -0.4 is 25.2 Å². The van der Waals surface area contributed by atoms with Crippen LogP contribution in [0.25, 0.3) is 5.65 Å². The summed E-state index contributed by atoms with van der Waals surface area (Å²) in [7, 11) is 1.64. The fraction of sp³-hybridized carbons (Fsp3) is 0.406. The molecule has 3 fully saturated rings. The lowest BCUT2D eigenvalue weighted by molar-refractivity contribution is 0.0792. The molecule has 46 heavy (non-hydrogen) atoms. The first-order valence-corrected chi connectivity index (χ1v) is 15.8. The molecule has 3 N–H and O–H groups in total. The van der Waals surface area contributed by atoms with Crippen molar-refractivity contribution >= 4 is 40.5 Å². The molecule has 1 aliphatic carbocycles. The van der Waals surface area contributed by atoms with Gasteiger partial charge in [-0.05, 0) is 42.7 Å². The van der Waals surface area contributed by atoms with E-state index in [4.69, 9.17) is 21.3 Å². The monoisotopic (exact) mass is 639 g/mol. The van der Waals surface area contributed by atoms with Crippen LogP contribution in [0.3, 0.4) is 0 Å². The zero-order valence-corrected chi connectivity index (χ0v) is 26.2. The Morgan fingerprint density at radius 3 is 2.52 bits per heavy atom. The number of halogens is 1.